The average molecular weight is 1080 g/mol. The fraction of sp³-hybridized carbons (Fsp3) is 0.188. The Hall–Kier alpha value is -9.96. The van der Waals surface area contributed by atoms with Gasteiger partial charge in [-0.2, -0.15) is 0 Å². The second-order valence-electron chi connectivity index (χ2n) is 18.6. The Labute approximate surface area is 460 Å². The van der Waals surface area contributed by atoms with Crippen molar-refractivity contribution in [2.24, 2.45) is 0 Å². The van der Waals surface area contributed by atoms with Crippen molar-refractivity contribution in [2.75, 3.05) is 54.9 Å². The third-order valence-electron chi connectivity index (χ3n) is 13.9. The van der Waals surface area contributed by atoms with Crippen molar-refractivity contribution < 1.29 is 77.5 Å². The van der Waals surface area contributed by atoms with Gasteiger partial charge in [-0.15, -0.1) is 0 Å². The van der Waals surface area contributed by atoms with Crippen molar-refractivity contribution in [3.05, 3.63) is 237 Å². The van der Waals surface area contributed by atoms with Gasteiger partial charge in [-0.05, 0) is 46.5 Å². The van der Waals surface area contributed by atoms with E-state index in [9.17, 15) is 39.6 Å². The molecule has 0 fully saturated rings. The number of aliphatic carboxylic acids is 4. The average Bonchev–Trinajstić information content (AvgIpc) is 3.64. The van der Waals surface area contributed by atoms with E-state index in [4.69, 9.17) is 37.9 Å². The van der Waals surface area contributed by atoms with Crippen molar-refractivity contribution in [3.63, 3.8) is 0 Å². The number of benzene rings is 8. The zero-order chi connectivity index (χ0) is 56.5. The van der Waals surface area contributed by atoms with Crippen LogP contribution in [0.4, 0.5) is 0 Å². The van der Waals surface area contributed by atoms with Gasteiger partial charge in [0.25, 0.3) is 0 Å². The van der Waals surface area contributed by atoms with Crippen LogP contribution in [0, 0.1) is 0 Å². The summed E-state index contributed by atoms with van der Waals surface area (Å²) in [6.07, 6.45) is 0. The maximum absolute atomic E-state index is 12.5. The number of carboxylic acids is 4. The molecule has 9 rings (SSSR count). The summed E-state index contributed by atoms with van der Waals surface area (Å²) in [4.78, 5) is 50.0. The summed E-state index contributed by atoms with van der Waals surface area (Å²) in [7, 11) is 5.90. The van der Waals surface area contributed by atoms with Gasteiger partial charge in [0.2, 0.25) is 0 Å². The van der Waals surface area contributed by atoms with Crippen LogP contribution in [0.5, 0.6) is 46.0 Å². The Kier molecular flexibility index (Phi) is 16.8. The summed E-state index contributed by atoms with van der Waals surface area (Å²) in [5, 5.41) is 40.8. The molecule has 16 heteroatoms. The molecule has 1 aliphatic rings. The van der Waals surface area contributed by atoms with Crippen molar-refractivity contribution in [1.29, 1.82) is 0 Å². The normalized spacial score (nSPS) is 15.3. The topological polar surface area (TPSA) is 223 Å². The van der Waals surface area contributed by atoms with Crippen LogP contribution in [-0.2, 0) is 19.2 Å². The summed E-state index contributed by atoms with van der Waals surface area (Å²) in [5.74, 6) is -6.94. The molecule has 1 aliphatic carbocycles. The zero-order valence-corrected chi connectivity index (χ0v) is 44.0. The molecule has 408 valence electrons. The van der Waals surface area contributed by atoms with E-state index in [1.54, 1.807) is 24.3 Å². The molecule has 0 heterocycles. The molecule has 8 aromatic rings. The number of ether oxygens (including phenoxy) is 8. The van der Waals surface area contributed by atoms with Gasteiger partial charge in [-0.1, -0.05) is 121 Å². The smallest absolute Gasteiger partial charge is 0.341 e. The predicted molar refractivity (Wildman–Crippen MR) is 294 cm³/mol. The molecule has 8 bridgehead atoms. The fourth-order valence-electron chi connectivity index (χ4n) is 10.6. The lowest BCUT2D eigenvalue weighted by atomic mass is 9.75. The Morgan fingerprint density at radius 2 is 0.463 bits per heavy atom. The maximum Gasteiger partial charge on any atom is 0.341 e. The minimum absolute atomic E-state index is 0.134. The second-order valence-corrected chi connectivity index (χ2v) is 18.6. The first-order valence-corrected chi connectivity index (χ1v) is 25.3. The number of rotatable bonds is 20. The summed E-state index contributed by atoms with van der Waals surface area (Å²) in [5.41, 5.74) is 6.63. The van der Waals surface area contributed by atoms with Gasteiger partial charge in [0.05, 0.1) is 28.4 Å². The van der Waals surface area contributed by atoms with Gasteiger partial charge < -0.3 is 58.3 Å². The number of hydrogen-bond acceptors (Lipinski definition) is 12. The van der Waals surface area contributed by atoms with E-state index in [-0.39, 0.29) is 46.0 Å². The first-order chi connectivity index (χ1) is 38.8. The molecular weight excluding hydrogens is 1020 g/mol. The number of carbonyl (C=O) groups is 4. The van der Waals surface area contributed by atoms with Gasteiger partial charge in [-0.3, -0.25) is 0 Å². The van der Waals surface area contributed by atoms with Crippen molar-refractivity contribution in [1.82, 2.24) is 0 Å². The summed E-state index contributed by atoms with van der Waals surface area (Å²) >= 11 is 0. The van der Waals surface area contributed by atoms with Crippen LogP contribution < -0.4 is 37.9 Å². The quantitative estimate of drug-likeness (QED) is 0.0557. The molecule has 0 spiro atoms. The van der Waals surface area contributed by atoms with Crippen molar-refractivity contribution in [2.45, 2.75) is 23.7 Å². The van der Waals surface area contributed by atoms with Crippen molar-refractivity contribution >= 4 is 23.9 Å². The van der Waals surface area contributed by atoms with E-state index in [0.29, 0.717) is 66.8 Å². The number of methoxy groups -OCH3 is 4. The Morgan fingerprint density at radius 1 is 0.287 bits per heavy atom. The first kappa shape index (κ1) is 54.8. The highest BCUT2D eigenvalue weighted by Gasteiger charge is 2.37. The Balaban J connectivity index is 1.56. The molecule has 16 nitrogen and oxygen atoms in total. The number of fused-ring (bicyclic) bond motifs is 8. The molecule has 80 heavy (non-hydrogen) atoms. The molecule has 0 saturated heterocycles. The molecule has 0 aromatic heterocycles. The SMILES string of the molecule is COc1cc(OCC(=O)O)c2cc1C(c1ccccc1)c1cc(c(OC)cc1OCC(=O)O)C(c1ccccc1)c1cc(c(OC)cc1OCC(=O)O)C(c1ccccc1)c1cc(c(OC)cc1OCC(=O)O)C2c1ccccc1. The summed E-state index contributed by atoms with van der Waals surface area (Å²) in [6, 6.07) is 51.7. The van der Waals surface area contributed by atoms with E-state index in [1.807, 2.05) is 146 Å². The molecule has 0 aliphatic heterocycles. The minimum Gasteiger partial charge on any atom is -0.496 e. The molecule has 4 N–H and O–H groups in total. The molecule has 0 amide bonds. The predicted octanol–water partition coefficient (Wildman–Crippen LogP) is 10.6. The largest absolute Gasteiger partial charge is 0.496 e. The van der Waals surface area contributed by atoms with E-state index >= 15 is 0 Å². The first-order valence-electron chi connectivity index (χ1n) is 25.3. The monoisotopic (exact) mass is 1080 g/mol. The van der Waals surface area contributed by atoms with Gasteiger partial charge in [-0.25, -0.2) is 19.2 Å². The fourth-order valence-corrected chi connectivity index (χ4v) is 10.6. The second kappa shape index (κ2) is 24.6. The highest BCUT2D eigenvalue weighted by atomic mass is 16.5. The third-order valence-corrected chi connectivity index (χ3v) is 13.9. The van der Waals surface area contributed by atoms with E-state index in [0.717, 1.165) is 0 Å². The van der Waals surface area contributed by atoms with Gasteiger partial charge in [0, 0.05) is 92.4 Å². The molecule has 0 radical (unpaired) electrons. The van der Waals surface area contributed by atoms with Crippen LogP contribution in [0.3, 0.4) is 0 Å². The lowest BCUT2D eigenvalue weighted by Gasteiger charge is -2.32. The lowest BCUT2D eigenvalue weighted by molar-refractivity contribution is -0.140. The molecular formula is C64H56O16. The van der Waals surface area contributed by atoms with Gasteiger partial charge in [0.15, 0.2) is 26.4 Å². The standard InChI is InChI=1S/C64H56O16/c1-73-49-29-53(77-33-57(65)66)45-25-41(49)61(37-17-9-5-10-18-37)46-26-42(50(74-2)30-54(46)78-34-58(67)68)63(39-21-13-7-14-22-39)48-28-44(52(76-4)32-56(48)80-36-60(71)72)64(40-23-15-8-16-24-40)47-27-43(62(45)38-19-11-6-12-20-38)51(75-3)31-55(47)79-35-59(69)70/h5-32,61-64H,33-36H2,1-4H3,(H,65,66)(H,67,68)(H,69,70)(H,71,72). The van der Waals surface area contributed by atoms with Gasteiger partial charge >= 0.3 is 23.9 Å². The molecule has 4 unspecified atom stereocenters. The minimum atomic E-state index is -1.25. The summed E-state index contributed by atoms with van der Waals surface area (Å²) in [6.45, 7) is -2.99. The highest BCUT2D eigenvalue weighted by Crippen LogP contribution is 2.54. The molecule has 8 aromatic carbocycles. The Morgan fingerprint density at radius 3 is 0.625 bits per heavy atom. The van der Waals surface area contributed by atoms with Crippen LogP contribution in [0.2, 0.25) is 0 Å². The van der Waals surface area contributed by atoms with Crippen molar-refractivity contribution in [3.8, 4) is 46.0 Å². The zero-order valence-electron chi connectivity index (χ0n) is 44.0. The van der Waals surface area contributed by atoms with Crippen LogP contribution in [0.15, 0.2) is 170 Å². The van der Waals surface area contributed by atoms with E-state index in [2.05, 4.69) is 0 Å². The van der Waals surface area contributed by atoms with E-state index in [1.165, 1.54) is 28.4 Å². The van der Waals surface area contributed by atoms with Crippen LogP contribution >= 0.6 is 0 Å². The maximum atomic E-state index is 12.5. The highest BCUT2D eigenvalue weighted by molar-refractivity contribution is 5.73. The lowest BCUT2D eigenvalue weighted by Crippen LogP contribution is -2.18. The van der Waals surface area contributed by atoms with Crippen LogP contribution in [-0.4, -0.2) is 99.2 Å². The van der Waals surface area contributed by atoms with Gasteiger partial charge in [0.1, 0.15) is 46.0 Å². The molecule has 4 atom stereocenters. The third kappa shape index (κ3) is 11.6. The number of hydrogen-bond donors (Lipinski definition) is 4. The molecule has 0 saturated carbocycles. The summed E-state index contributed by atoms with van der Waals surface area (Å²) < 4.78 is 50.3. The Bertz CT molecular complexity index is 3060. The van der Waals surface area contributed by atoms with Crippen LogP contribution in [0.1, 0.15) is 90.4 Å². The van der Waals surface area contributed by atoms with Crippen LogP contribution in [0.25, 0.3) is 0 Å². The number of carboxylic acid groups (broad SMARTS) is 4. The van der Waals surface area contributed by atoms with E-state index < -0.39 is 74.0 Å².